The first-order valence-corrected chi connectivity index (χ1v) is 11.6. The van der Waals surface area contributed by atoms with Gasteiger partial charge in [0, 0.05) is 18.2 Å². The summed E-state index contributed by atoms with van der Waals surface area (Å²) in [7, 11) is 2.72. The number of fused-ring (bicyclic) bond motifs is 1. The Morgan fingerprint density at radius 1 is 1.05 bits per heavy atom. The Kier molecular flexibility index (Phi) is 7.26. The van der Waals surface area contributed by atoms with E-state index in [-0.39, 0.29) is 33.8 Å². The van der Waals surface area contributed by atoms with Crippen molar-refractivity contribution in [1.29, 1.82) is 0 Å². The molecule has 4 rings (SSSR count). The maximum absolute atomic E-state index is 12.7. The number of aliphatic hydroxyl groups excluding tert-OH is 2. The predicted octanol–water partition coefficient (Wildman–Crippen LogP) is 2.02. The number of amides is 1. The van der Waals surface area contributed by atoms with Gasteiger partial charge in [-0.15, -0.1) is 0 Å². The van der Waals surface area contributed by atoms with Crippen LogP contribution in [-0.2, 0) is 9.47 Å². The number of phenols is 1. The summed E-state index contributed by atoms with van der Waals surface area (Å²) in [5.74, 6) is -1.24. The predicted molar refractivity (Wildman–Crippen MR) is 134 cm³/mol. The SMILES string of the molecule is COc1cc(C(=O)Nc2c(O)c3ccc(O[C@@H]4OC(C)(C)[C@H](OC)[C@@H](O)[C@H]4O)c(C)c3oc2=O)ccc1O. The summed E-state index contributed by atoms with van der Waals surface area (Å²) in [5.41, 5.74) is -2.16. The number of methoxy groups -OCH3 is 2. The molecular weight excluding hydrogens is 502 g/mol. The molecule has 5 N–H and O–H groups in total. The van der Waals surface area contributed by atoms with Crippen LogP contribution in [0, 0.1) is 6.92 Å². The van der Waals surface area contributed by atoms with Gasteiger partial charge in [0.1, 0.15) is 29.6 Å². The van der Waals surface area contributed by atoms with Crippen LogP contribution < -0.4 is 20.4 Å². The zero-order valence-corrected chi connectivity index (χ0v) is 21.3. The van der Waals surface area contributed by atoms with Crippen LogP contribution in [0.3, 0.4) is 0 Å². The molecule has 2 aromatic carbocycles. The van der Waals surface area contributed by atoms with Crippen molar-refractivity contribution in [3.05, 3.63) is 51.9 Å². The van der Waals surface area contributed by atoms with Crippen molar-refractivity contribution in [2.75, 3.05) is 19.5 Å². The Morgan fingerprint density at radius 3 is 2.42 bits per heavy atom. The number of phenolic OH excluding ortho intramolecular Hbond substituents is 1. The zero-order chi connectivity index (χ0) is 27.9. The zero-order valence-electron chi connectivity index (χ0n) is 21.3. The number of rotatable bonds is 6. The lowest BCUT2D eigenvalue weighted by Gasteiger charge is -2.46. The third-order valence-electron chi connectivity index (χ3n) is 6.47. The van der Waals surface area contributed by atoms with E-state index in [0.29, 0.717) is 5.56 Å². The first-order valence-electron chi connectivity index (χ1n) is 11.6. The molecule has 1 fully saturated rings. The van der Waals surface area contributed by atoms with Crippen LogP contribution in [0.2, 0.25) is 0 Å². The molecule has 204 valence electrons. The second-order valence-corrected chi connectivity index (χ2v) is 9.36. The topological polar surface area (TPSA) is 177 Å². The third kappa shape index (κ3) is 4.74. The molecule has 3 aromatic rings. The number of benzene rings is 2. The highest BCUT2D eigenvalue weighted by atomic mass is 16.7. The van der Waals surface area contributed by atoms with Gasteiger partial charge in [0.05, 0.1) is 18.1 Å². The number of carbonyl (C=O) groups is 1. The van der Waals surface area contributed by atoms with Crippen LogP contribution in [0.25, 0.3) is 11.0 Å². The maximum Gasteiger partial charge on any atom is 0.364 e. The van der Waals surface area contributed by atoms with E-state index >= 15 is 0 Å². The van der Waals surface area contributed by atoms with Crippen molar-refractivity contribution in [2.24, 2.45) is 0 Å². The molecule has 12 nitrogen and oxygen atoms in total. The average molecular weight is 532 g/mol. The lowest BCUT2D eigenvalue weighted by atomic mass is 9.89. The van der Waals surface area contributed by atoms with E-state index < -0.39 is 53.2 Å². The molecule has 38 heavy (non-hydrogen) atoms. The number of carbonyl (C=O) groups excluding carboxylic acids is 1. The van der Waals surface area contributed by atoms with Gasteiger partial charge in [0.25, 0.3) is 5.91 Å². The Morgan fingerprint density at radius 2 is 1.76 bits per heavy atom. The van der Waals surface area contributed by atoms with Gasteiger partial charge in [-0.05, 0) is 51.1 Å². The number of anilines is 1. The van der Waals surface area contributed by atoms with Crippen molar-refractivity contribution >= 4 is 22.6 Å². The van der Waals surface area contributed by atoms with Crippen molar-refractivity contribution in [3.8, 4) is 23.0 Å². The molecule has 4 atom stereocenters. The second-order valence-electron chi connectivity index (χ2n) is 9.36. The van der Waals surface area contributed by atoms with E-state index in [9.17, 15) is 30.0 Å². The fraction of sp³-hybridized carbons (Fsp3) is 0.385. The van der Waals surface area contributed by atoms with Crippen LogP contribution >= 0.6 is 0 Å². The number of aliphatic hydroxyl groups is 2. The molecule has 0 radical (unpaired) electrons. The standard InChI is InChI=1S/C26H29NO11/c1-11-15(36-25-20(31)19(30)22(35-5)26(2,3)38-25)9-7-13-18(29)17(24(33)37-21(11)13)27-23(32)12-6-8-14(28)16(10-12)34-4/h6-10,19-20,22,25,28-31H,1-5H3,(H,27,32)/t19-,20+,22+,25+/m0/s1. The summed E-state index contributed by atoms with van der Waals surface area (Å²) in [4.78, 5) is 25.4. The average Bonchev–Trinajstić information content (AvgIpc) is 2.87. The molecule has 0 aliphatic carbocycles. The molecule has 0 spiro atoms. The highest BCUT2D eigenvalue weighted by Gasteiger charge is 2.50. The maximum atomic E-state index is 12.7. The monoisotopic (exact) mass is 531 g/mol. The molecule has 1 aliphatic heterocycles. The fourth-order valence-electron chi connectivity index (χ4n) is 4.44. The lowest BCUT2D eigenvalue weighted by Crippen LogP contribution is -2.63. The minimum absolute atomic E-state index is 0.0193. The molecule has 2 heterocycles. The quantitative estimate of drug-likeness (QED) is 0.294. The van der Waals surface area contributed by atoms with Gasteiger partial charge < -0.3 is 49.1 Å². The molecule has 0 unspecified atom stereocenters. The van der Waals surface area contributed by atoms with E-state index in [1.54, 1.807) is 20.8 Å². The first kappa shape index (κ1) is 27.2. The van der Waals surface area contributed by atoms with Gasteiger partial charge in [-0.25, -0.2) is 4.79 Å². The smallest absolute Gasteiger partial charge is 0.364 e. The summed E-state index contributed by atoms with van der Waals surface area (Å²) >= 11 is 0. The molecule has 0 bridgehead atoms. The van der Waals surface area contributed by atoms with Crippen molar-refractivity contribution in [3.63, 3.8) is 0 Å². The van der Waals surface area contributed by atoms with E-state index in [0.717, 1.165) is 0 Å². The van der Waals surface area contributed by atoms with Gasteiger partial charge >= 0.3 is 5.63 Å². The summed E-state index contributed by atoms with van der Waals surface area (Å²) in [6.07, 6.45) is -4.82. The van der Waals surface area contributed by atoms with Gasteiger partial charge in [0.2, 0.25) is 6.29 Å². The Hall–Kier alpha value is -3.84. The van der Waals surface area contributed by atoms with Gasteiger partial charge in [0.15, 0.2) is 22.9 Å². The number of aromatic hydroxyl groups is 2. The third-order valence-corrected chi connectivity index (χ3v) is 6.47. The van der Waals surface area contributed by atoms with Crippen molar-refractivity contribution in [2.45, 2.75) is 51.0 Å². The molecule has 1 aromatic heterocycles. The molecular formula is C26H29NO11. The van der Waals surface area contributed by atoms with Crippen LogP contribution in [0.4, 0.5) is 5.69 Å². The second kappa shape index (κ2) is 10.1. The van der Waals surface area contributed by atoms with Gasteiger partial charge in [-0.3, -0.25) is 4.79 Å². The largest absolute Gasteiger partial charge is 0.505 e. The molecule has 1 saturated heterocycles. The Balaban J connectivity index is 1.64. The van der Waals surface area contributed by atoms with E-state index in [2.05, 4.69) is 5.32 Å². The fourth-order valence-corrected chi connectivity index (χ4v) is 4.44. The Labute approximate surface area is 216 Å². The Bertz CT molecular complexity index is 1430. The van der Waals surface area contributed by atoms with Gasteiger partial charge in [-0.1, -0.05) is 0 Å². The highest BCUT2D eigenvalue weighted by molar-refractivity contribution is 6.06. The summed E-state index contributed by atoms with van der Waals surface area (Å²) < 4.78 is 27.3. The lowest BCUT2D eigenvalue weighted by molar-refractivity contribution is -0.306. The van der Waals surface area contributed by atoms with E-state index in [1.807, 2.05) is 0 Å². The minimum atomic E-state index is -1.44. The van der Waals surface area contributed by atoms with Crippen molar-refractivity contribution in [1.82, 2.24) is 0 Å². The van der Waals surface area contributed by atoms with Crippen molar-refractivity contribution < 1.29 is 48.6 Å². The number of hydrogen-bond donors (Lipinski definition) is 5. The summed E-state index contributed by atoms with van der Waals surface area (Å²) in [5, 5.41) is 44.0. The molecule has 12 heteroatoms. The summed E-state index contributed by atoms with van der Waals surface area (Å²) in [6, 6.07) is 6.71. The summed E-state index contributed by atoms with van der Waals surface area (Å²) in [6.45, 7) is 4.93. The van der Waals surface area contributed by atoms with Crippen LogP contribution in [-0.4, -0.2) is 70.8 Å². The molecule has 1 aliphatic rings. The first-order chi connectivity index (χ1) is 17.9. The minimum Gasteiger partial charge on any atom is -0.505 e. The highest BCUT2D eigenvalue weighted by Crippen LogP contribution is 2.38. The number of aryl methyl sites for hydroxylation is 1. The van der Waals surface area contributed by atoms with Crippen LogP contribution in [0.1, 0.15) is 29.8 Å². The number of ether oxygens (including phenoxy) is 4. The van der Waals surface area contributed by atoms with Crippen LogP contribution in [0.15, 0.2) is 39.5 Å². The normalized spacial score (nSPS) is 22.7. The molecule has 0 saturated carbocycles. The van der Waals surface area contributed by atoms with Crippen LogP contribution in [0.5, 0.6) is 23.0 Å². The molecule has 1 amide bonds. The van der Waals surface area contributed by atoms with E-state index in [4.69, 9.17) is 23.4 Å². The van der Waals surface area contributed by atoms with Gasteiger partial charge in [-0.2, -0.15) is 0 Å². The number of hydrogen-bond acceptors (Lipinski definition) is 11. The number of nitrogens with one attached hydrogen (secondary N) is 1. The van der Waals surface area contributed by atoms with E-state index in [1.165, 1.54) is 44.6 Å².